The molecule has 0 atom stereocenters. The Balaban J connectivity index is 1.89. The van der Waals surface area contributed by atoms with E-state index in [9.17, 15) is 14.0 Å². The molecule has 2 amide bonds. The second-order valence-electron chi connectivity index (χ2n) is 5.04. The van der Waals surface area contributed by atoms with E-state index in [1.54, 1.807) is 12.1 Å². The van der Waals surface area contributed by atoms with Crippen LogP contribution >= 0.6 is 11.6 Å². The molecular formula is C18H17ClFN3O3. The van der Waals surface area contributed by atoms with Crippen molar-refractivity contribution in [3.8, 4) is 5.75 Å². The minimum Gasteiger partial charge on any atom is -0.493 e. The van der Waals surface area contributed by atoms with Gasteiger partial charge >= 0.3 is 0 Å². The highest BCUT2D eigenvalue weighted by molar-refractivity contribution is 6.33. The molecule has 0 unspecified atom stereocenters. The van der Waals surface area contributed by atoms with Gasteiger partial charge in [-0.05, 0) is 31.2 Å². The van der Waals surface area contributed by atoms with Crippen molar-refractivity contribution in [1.82, 2.24) is 10.7 Å². The van der Waals surface area contributed by atoms with Gasteiger partial charge in [-0.3, -0.25) is 9.59 Å². The predicted octanol–water partition coefficient (Wildman–Crippen LogP) is 2.76. The number of hydrogen-bond acceptors (Lipinski definition) is 4. The van der Waals surface area contributed by atoms with Crippen molar-refractivity contribution >= 4 is 29.6 Å². The molecule has 0 aromatic heterocycles. The van der Waals surface area contributed by atoms with E-state index in [1.807, 2.05) is 19.1 Å². The summed E-state index contributed by atoms with van der Waals surface area (Å²) < 4.78 is 19.1. The molecule has 0 heterocycles. The number of carbonyl (C=O) groups is 2. The van der Waals surface area contributed by atoms with Gasteiger partial charge in [-0.2, -0.15) is 5.10 Å². The average molecular weight is 378 g/mol. The van der Waals surface area contributed by atoms with E-state index in [1.165, 1.54) is 18.3 Å². The Hall–Kier alpha value is -2.93. The number of amides is 2. The Labute approximate surface area is 155 Å². The molecule has 0 aliphatic carbocycles. The van der Waals surface area contributed by atoms with Crippen LogP contribution in [0.4, 0.5) is 4.39 Å². The van der Waals surface area contributed by atoms with Crippen LogP contribution in [0.2, 0.25) is 5.02 Å². The highest BCUT2D eigenvalue weighted by atomic mass is 35.5. The molecule has 6 nitrogen and oxygen atoms in total. The van der Waals surface area contributed by atoms with Crippen LogP contribution in [-0.2, 0) is 4.79 Å². The number of nitrogens with zero attached hydrogens (tertiary/aromatic N) is 1. The maximum absolute atomic E-state index is 13.6. The van der Waals surface area contributed by atoms with Crippen molar-refractivity contribution in [2.45, 2.75) is 6.92 Å². The van der Waals surface area contributed by atoms with Crippen molar-refractivity contribution in [2.24, 2.45) is 5.10 Å². The molecule has 136 valence electrons. The van der Waals surface area contributed by atoms with Gasteiger partial charge in [-0.15, -0.1) is 0 Å². The normalized spacial score (nSPS) is 10.6. The highest BCUT2D eigenvalue weighted by Gasteiger charge is 2.16. The molecule has 2 aromatic carbocycles. The molecule has 0 saturated heterocycles. The first-order valence-corrected chi connectivity index (χ1v) is 8.16. The third-order valence-electron chi connectivity index (χ3n) is 3.21. The zero-order valence-electron chi connectivity index (χ0n) is 14.0. The first-order chi connectivity index (χ1) is 12.5. The number of ether oxygens (including phenoxy) is 1. The lowest BCUT2D eigenvalue weighted by atomic mass is 10.2. The fourth-order valence-corrected chi connectivity index (χ4v) is 2.30. The van der Waals surface area contributed by atoms with Crippen LogP contribution < -0.4 is 15.5 Å². The Bertz CT molecular complexity index is 807. The van der Waals surface area contributed by atoms with E-state index in [2.05, 4.69) is 15.8 Å². The maximum Gasteiger partial charge on any atom is 0.259 e. The van der Waals surface area contributed by atoms with Gasteiger partial charge in [0.15, 0.2) is 0 Å². The highest BCUT2D eigenvalue weighted by Crippen LogP contribution is 2.18. The van der Waals surface area contributed by atoms with Crippen LogP contribution in [0.25, 0.3) is 0 Å². The number of nitrogens with one attached hydrogen (secondary N) is 2. The number of hydrazone groups is 1. The quantitative estimate of drug-likeness (QED) is 0.575. The summed E-state index contributed by atoms with van der Waals surface area (Å²) in [5.41, 5.74) is 2.65. The largest absolute Gasteiger partial charge is 0.493 e. The van der Waals surface area contributed by atoms with E-state index < -0.39 is 17.6 Å². The summed E-state index contributed by atoms with van der Waals surface area (Å²) in [5.74, 6) is -1.48. The molecule has 0 bridgehead atoms. The molecule has 0 aliphatic rings. The summed E-state index contributed by atoms with van der Waals surface area (Å²) in [4.78, 5) is 23.7. The Morgan fingerprint density at radius 2 is 2.00 bits per heavy atom. The monoisotopic (exact) mass is 377 g/mol. The predicted molar refractivity (Wildman–Crippen MR) is 97.1 cm³/mol. The average Bonchev–Trinajstić information content (AvgIpc) is 2.61. The van der Waals surface area contributed by atoms with Crippen LogP contribution in [-0.4, -0.2) is 31.2 Å². The van der Waals surface area contributed by atoms with Crippen LogP contribution in [0.1, 0.15) is 22.8 Å². The van der Waals surface area contributed by atoms with E-state index in [4.69, 9.17) is 16.3 Å². The van der Waals surface area contributed by atoms with Crippen LogP contribution in [0, 0.1) is 5.82 Å². The topological polar surface area (TPSA) is 79.8 Å². The lowest BCUT2D eigenvalue weighted by molar-refractivity contribution is -0.120. The molecule has 2 N–H and O–H groups in total. The summed E-state index contributed by atoms with van der Waals surface area (Å²) in [5, 5.41) is 6.07. The van der Waals surface area contributed by atoms with Crippen LogP contribution in [0.5, 0.6) is 5.75 Å². The van der Waals surface area contributed by atoms with Gasteiger partial charge in [-0.1, -0.05) is 29.8 Å². The third-order valence-corrected chi connectivity index (χ3v) is 3.53. The van der Waals surface area contributed by atoms with Gasteiger partial charge in [0, 0.05) is 5.56 Å². The lowest BCUT2D eigenvalue weighted by Crippen LogP contribution is -2.35. The minimum absolute atomic E-state index is 0.0338. The second kappa shape index (κ2) is 9.53. The van der Waals surface area contributed by atoms with Gasteiger partial charge in [0.1, 0.15) is 11.6 Å². The zero-order valence-corrected chi connectivity index (χ0v) is 14.7. The van der Waals surface area contributed by atoms with Crippen molar-refractivity contribution < 1.29 is 18.7 Å². The fraction of sp³-hybridized carbons (Fsp3) is 0.167. The van der Waals surface area contributed by atoms with Crippen molar-refractivity contribution in [1.29, 1.82) is 0 Å². The van der Waals surface area contributed by atoms with E-state index in [0.29, 0.717) is 17.9 Å². The number of hydrogen-bond donors (Lipinski definition) is 2. The number of halogens is 2. The van der Waals surface area contributed by atoms with E-state index in [-0.39, 0.29) is 17.1 Å². The number of carbonyl (C=O) groups excluding carboxylic acids is 2. The molecule has 0 fully saturated rings. The Kier molecular flexibility index (Phi) is 7.11. The maximum atomic E-state index is 13.6. The molecule has 0 saturated carbocycles. The lowest BCUT2D eigenvalue weighted by Gasteiger charge is -2.07. The van der Waals surface area contributed by atoms with Gasteiger partial charge in [0.25, 0.3) is 11.8 Å². The number of benzene rings is 2. The van der Waals surface area contributed by atoms with E-state index in [0.717, 1.165) is 6.07 Å². The van der Waals surface area contributed by atoms with Gasteiger partial charge in [0.05, 0.1) is 30.0 Å². The second-order valence-corrected chi connectivity index (χ2v) is 5.45. The van der Waals surface area contributed by atoms with Crippen molar-refractivity contribution in [3.63, 3.8) is 0 Å². The summed E-state index contributed by atoms with van der Waals surface area (Å²) in [6.07, 6.45) is 1.43. The number of para-hydroxylation sites is 1. The van der Waals surface area contributed by atoms with E-state index >= 15 is 0 Å². The molecule has 2 rings (SSSR count). The number of rotatable bonds is 7. The summed E-state index contributed by atoms with van der Waals surface area (Å²) in [6.45, 7) is 1.98. The molecule has 0 spiro atoms. The fourth-order valence-electron chi connectivity index (χ4n) is 2.05. The first-order valence-electron chi connectivity index (χ1n) is 7.79. The van der Waals surface area contributed by atoms with Crippen LogP contribution in [0.3, 0.4) is 0 Å². The Morgan fingerprint density at radius 3 is 2.73 bits per heavy atom. The van der Waals surface area contributed by atoms with Crippen molar-refractivity contribution in [3.05, 3.63) is 64.4 Å². The molecule has 8 heteroatoms. The van der Waals surface area contributed by atoms with Gasteiger partial charge in [0.2, 0.25) is 0 Å². The molecular weight excluding hydrogens is 361 g/mol. The standard InChI is InChI=1S/C18H17ClFN3O3/c1-2-26-15-9-4-3-6-12(15)10-22-23-16(24)11-21-18(25)17-13(19)7-5-8-14(17)20/h3-10H,2,11H2,1H3,(H,21,25)(H,23,24)/b22-10-. The summed E-state index contributed by atoms with van der Waals surface area (Å²) >= 11 is 5.79. The van der Waals surface area contributed by atoms with Gasteiger partial charge < -0.3 is 10.1 Å². The summed E-state index contributed by atoms with van der Waals surface area (Å²) in [7, 11) is 0. The Morgan fingerprint density at radius 1 is 1.23 bits per heavy atom. The first kappa shape index (κ1) is 19.4. The molecule has 26 heavy (non-hydrogen) atoms. The van der Waals surface area contributed by atoms with Gasteiger partial charge in [-0.25, -0.2) is 9.82 Å². The molecule has 0 aliphatic heterocycles. The SMILES string of the molecule is CCOc1ccccc1/C=N\NC(=O)CNC(=O)c1c(F)cccc1Cl. The molecule has 0 radical (unpaired) electrons. The minimum atomic E-state index is -0.783. The van der Waals surface area contributed by atoms with Crippen LogP contribution in [0.15, 0.2) is 47.6 Å². The molecule has 2 aromatic rings. The smallest absolute Gasteiger partial charge is 0.259 e. The van der Waals surface area contributed by atoms with Crippen molar-refractivity contribution in [2.75, 3.05) is 13.2 Å². The third kappa shape index (κ3) is 5.29. The zero-order chi connectivity index (χ0) is 18.9. The summed E-state index contributed by atoms with van der Waals surface area (Å²) in [6, 6.07) is 11.1.